The summed E-state index contributed by atoms with van der Waals surface area (Å²) in [6, 6.07) is 0.762. The molecule has 13 heavy (non-hydrogen) atoms. The van der Waals surface area contributed by atoms with Crippen LogP contribution in [-0.2, 0) is 0 Å². The smallest absolute Gasteiger partial charge is 0.0311 e. The van der Waals surface area contributed by atoms with Crippen molar-refractivity contribution in [2.24, 2.45) is 11.8 Å². The standard InChI is InChI=1S/C12H21N/c1-2-13-12(11-8-9-11)10-6-4-3-5-7-10/h2,10-13H,1,3-9H2. The summed E-state index contributed by atoms with van der Waals surface area (Å²) in [5.74, 6) is 1.92. The van der Waals surface area contributed by atoms with E-state index in [1.54, 1.807) is 0 Å². The maximum atomic E-state index is 3.79. The molecule has 0 aromatic carbocycles. The second kappa shape index (κ2) is 4.17. The highest BCUT2D eigenvalue weighted by atomic mass is 14.9. The molecule has 2 aliphatic rings. The Balaban J connectivity index is 1.88. The van der Waals surface area contributed by atoms with Crippen LogP contribution in [0.25, 0.3) is 0 Å². The van der Waals surface area contributed by atoms with Crippen LogP contribution in [0, 0.1) is 11.8 Å². The third-order valence-electron chi connectivity index (χ3n) is 3.60. The van der Waals surface area contributed by atoms with Gasteiger partial charge in [0.2, 0.25) is 0 Å². The summed E-state index contributed by atoms with van der Waals surface area (Å²) in [5, 5.41) is 3.48. The molecule has 0 spiro atoms. The summed E-state index contributed by atoms with van der Waals surface area (Å²) in [5.41, 5.74) is 0. The van der Waals surface area contributed by atoms with Gasteiger partial charge in [-0.15, -0.1) is 0 Å². The summed E-state index contributed by atoms with van der Waals surface area (Å²) < 4.78 is 0. The first-order valence-electron chi connectivity index (χ1n) is 5.79. The van der Waals surface area contributed by atoms with Gasteiger partial charge >= 0.3 is 0 Å². The maximum absolute atomic E-state index is 3.79. The molecule has 2 saturated carbocycles. The van der Waals surface area contributed by atoms with E-state index >= 15 is 0 Å². The Kier molecular flexibility index (Phi) is 2.92. The third kappa shape index (κ3) is 2.26. The minimum Gasteiger partial charge on any atom is -0.388 e. The lowest BCUT2D eigenvalue weighted by molar-refractivity contribution is 0.263. The van der Waals surface area contributed by atoms with Crippen molar-refractivity contribution in [1.29, 1.82) is 0 Å². The summed E-state index contributed by atoms with van der Waals surface area (Å²) in [7, 11) is 0. The number of rotatable bonds is 4. The fraction of sp³-hybridized carbons (Fsp3) is 0.833. The Morgan fingerprint density at radius 2 is 1.62 bits per heavy atom. The molecule has 0 bridgehead atoms. The van der Waals surface area contributed by atoms with Crippen LogP contribution in [0.15, 0.2) is 12.8 Å². The summed E-state index contributed by atoms with van der Waals surface area (Å²) in [6.07, 6.45) is 12.0. The number of hydrogen-bond acceptors (Lipinski definition) is 1. The van der Waals surface area contributed by atoms with Crippen molar-refractivity contribution in [1.82, 2.24) is 5.32 Å². The number of hydrogen-bond donors (Lipinski definition) is 1. The van der Waals surface area contributed by atoms with Gasteiger partial charge in [-0.25, -0.2) is 0 Å². The van der Waals surface area contributed by atoms with E-state index in [0.29, 0.717) is 0 Å². The van der Waals surface area contributed by atoms with Gasteiger partial charge in [0.25, 0.3) is 0 Å². The van der Waals surface area contributed by atoms with Gasteiger partial charge in [-0.3, -0.25) is 0 Å². The SMILES string of the molecule is C=CNC(C1CCCCC1)C1CC1. The molecule has 2 rings (SSSR count). The zero-order valence-electron chi connectivity index (χ0n) is 8.47. The van der Waals surface area contributed by atoms with E-state index < -0.39 is 0 Å². The van der Waals surface area contributed by atoms with Crippen molar-refractivity contribution in [3.63, 3.8) is 0 Å². The molecule has 1 heteroatoms. The van der Waals surface area contributed by atoms with Gasteiger partial charge in [0.15, 0.2) is 0 Å². The van der Waals surface area contributed by atoms with Crippen LogP contribution in [0.3, 0.4) is 0 Å². The van der Waals surface area contributed by atoms with Gasteiger partial charge in [-0.1, -0.05) is 25.8 Å². The first-order chi connectivity index (χ1) is 6.42. The highest BCUT2D eigenvalue weighted by Gasteiger charge is 2.36. The molecule has 0 radical (unpaired) electrons. The maximum Gasteiger partial charge on any atom is 0.0311 e. The lowest BCUT2D eigenvalue weighted by atomic mass is 9.82. The van der Waals surface area contributed by atoms with Crippen LogP contribution in [0.4, 0.5) is 0 Å². The summed E-state index contributed by atoms with van der Waals surface area (Å²) in [6.45, 7) is 3.79. The molecule has 0 aromatic heterocycles. The molecule has 1 nitrogen and oxygen atoms in total. The zero-order valence-corrected chi connectivity index (χ0v) is 8.47. The van der Waals surface area contributed by atoms with Crippen LogP contribution >= 0.6 is 0 Å². The van der Waals surface area contributed by atoms with Gasteiger partial charge < -0.3 is 5.32 Å². The van der Waals surface area contributed by atoms with Crippen LogP contribution < -0.4 is 5.32 Å². The van der Waals surface area contributed by atoms with Gasteiger partial charge in [0.05, 0.1) is 0 Å². The van der Waals surface area contributed by atoms with Crippen molar-refractivity contribution >= 4 is 0 Å². The number of nitrogens with one attached hydrogen (secondary N) is 1. The van der Waals surface area contributed by atoms with Crippen molar-refractivity contribution < 1.29 is 0 Å². The van der Waals surface area contributed by atoms with Crippen LogP contribution in [-0.4, -0.2) is 6.04 Å². The quantitative estimate of drug-likeness (QED) is 0.699. The largest absolute Gasteiger partial charge is 0.388 e. The van der Waals surface area contributed by atoms with Gasteiger partial charge in [0, 0.05) is 6.04 Å². The summed E-state index contributed by atoms with van der Waals surface area (Å²) in [4.78, 5) is 0. The highest BCUT2D eigenvalue weighted by molar-refractivity contribution is 4.93. The molecule has 1 N–H and O–H groups in total. The molecular weight excluding hydrogens is 158 g/mol. The Hall–Kier alpha value is -0.460. The van der Waals surface area contributed by atoms with Crippen molar-refractivity contribution in [3.8, 4) is 0 Å². The fourth-order valence-corrected chi connectivity index (χ4v) is 2.74. The van der Waals surface area contributed by atoms with E-state index in [1.807, 2.05) is 6.20 Å². The van der Waals surface area contributed by atoms with Crippen LogP contribution in [0.1, 0.15) is 44.9 Å². The fourth-order valence-electron chi connectivity index (χ4n) is 2.74. The van der Waals surface area contributed by atoms with E-state index in [2.05, 4.69) is 11.9 Å². The van der Waals surface area contributed by atoms with E-state index in [0.717, 1.165) is 17.9 Å². The van der Waals surface area contributed by atoms with E-state index in [1.165, 1.54) is 44.9 Å². The normalized spacial score (nSPS) is 26.8. The minimum atomic E-state index is 0.762. The van der Waals surface area contributed by atoms with Crippen LogP contribution in [0.2, 0.25) is 0 Å². The van der Waals surface area contributed by atoms with E-state index in [4.69, 9.17) is 0 Å². The van der Waals surface area contributed by atoms with Crippen LogP contribution in [0.5, 0.6) is 0 Å². The second-order valence-electron chi connectivity index (χ2n) is 4.63. The molecule has 0 aliphatic heterocycles. The molecule has 1 atom stereocenters. The Morgan fingerprint density at radius 3 is 2.15 bits per heavy atom. The Labute approximate surface area is 81.6 Å². The van der Waals surface area contributed by atoms with E-state index in [9.17, 15) is 0 Å². The van der Waals surface area contributed by atoms with Crippen molar-refractivity contribution in [3.05, 3.63) is 12.8 Å². The molecule has 0 aromatic rings. The summed E-state index contributed by atoms with van der Waals surface area (Å²) >= 11 is 0. The molecule has 74 valence electrons. The average molecular weight is 179 g/mol. The topological polar surface area (TPSA) is 12.0 Å². The molecule has 1 unspecified atom stereocenters. The molecule has 0 amide bonds. The third-order valence-corrected chi connectivity index (χ3v) is 3.60. The molecular formula is C12H21N. The minimum absolute atomic E-state index is 0.762. The molecule has 0 saturated heterocycles. The molecule has 0 heterocycles. The molecule has 2 fully saturated rings. The van der Waals surface area contributed by atoms with Gasteiger partial charge in [0.1, 0.15) is 0 Å². The van der Waals surface area contributed by atoms with Crippen molar-refractivity contribution in [2.75, 3.05) is 0 Å². The average Bonchev–Trinajstić information content (AvgIpc) is 2.99. The highest BCUT2D eigenvalue weighted by Crippen LogP contribution is 2.40. The Morgan fingerprint density at radius 1 is 1.00 bits per heavy atom. The second-order valence-corrected chi connectivity index (χ2v) is 4.63. The lowest BCUT2D eigenvalue weighted by Gasteiger charge is -2.30. The predicted molar refractivity (Wildman–Crippen MR) is 56.4 cm³/mol. The predicted octanol–water partition coefficient (Wildman–Crippen LogP) is 3.08. The molecule has 2 aliphatic carbocycles. The first kappa shape index (κ1) is 9.11. The van der Waals surface area contributed by atoms with Gasteiger partial charge in [-0.05, 0) is 43.7 Å². The van der Waals surface area contributed by atoms with E-state index in [-0.39, 0.29) is 0 Å². The zero-order chi connectivity index (χ0) is 9.10. The monoisotopic (exact) mass is 179 g/mol. The first-order valence-corrected chi connectivity index (χ1v) is 5.79. The lowest BCUT2D eigenvalue weighted by Crippen LogP contribution is -2.35. The van der Waals surface area contributed by atoms with Crippen molar-refractivity contribution in [2.45, 2.75) is 51.0 Å². The van der Waals surface area contributed by atoms with Gasteiger partial charge in [-0.2, -0.15) is 0 Å². The Bertz CT molecular complexity index is 166.